The van der Waals surface area contributed by atoms with Crippen LogP contribution in [-0.2, 0) is 11.3 Å². The number of nitrogens with zero attached hydrogens (tertiary/aromatic N) is 4. The summed E-state index contributed by atoms with van der Waals surface area (Å²) in [6.45, 7) is 2.70. The number of amides is 1. The Bertz CT molecular complexity index is 868. The van der Waals surface area contributed by atoms with Gasteiger partial charge in [-0.25, -0.2) is 4.98 Å². The van der Waals surface area contributed by atoms with Crippen molar-refractivity contribution in [2.45, 2.75) is 18.6 Å². The number of anilines is 1. The molecule has 0 aliphatic heterocycles. The summed E-state index contributed by atoms with van der Waals surface area (Å²) in [4.78, 5) is 16.1. The summed E-state index contributed by atoms with van der Waals surface area (Å²) in [5, 5.41) is 12.5. The molecule has 0 unspecified atom stereocenters. The zero-order valence-electron chi connectivity index (χ0n) is 13.5. The van der Waals surface area contributed by atoms with Crippen LogP contribution in [0.25, 0.3) is 11.4 Å². The molecule has 0 bridgehead atoms. The Hall–Kier alpha value is -2.38. The summed E-state index contributed by atoms with van der Waals surface area (Å²) in [5.74, 6) is 1.35. The van der Waals surface area contributed by atoms with Gasteiger partial charge in [0.2, 0.25) is 5.91 Å². The van der Waals surface area contributed by atoms with E-state index in [-0.39, 0.29) is 11.7 Å². The average Bonchev–Trinajstić information content (AvgIpc) is 3.04. The van der Waals surface area contributed by atoms with Gasteiger partial charge in [0.05, 0.1) is 5.75 Å². The van der Waals surface area contributed by atoms with Gasteiger partial charge in [-0.1, -0.05) is 41.6 Å². The number of halogens is 1. The predicted molar refractivity (Wildman–Crippen MR) is 99.7 cm³/mol. The highest BCUT2D eigenvalue weighted by molar-refractivity contribution is 7.99. The molecule has 1 amide bonds. The SMILES string of the molecule is CCn1c(SCC(=O)Nc2ccccn2)nnc1-c1cccc(Cl)c1. The largest absolute Gasteiger partial charge is 0.310 e. The number of nitrogens with one attached hydrogen (secondary N) is 1. The van der Waals surface area contributed by atoms with Crippen molar-refractivity contribution in [2.75, 3.05) is 11.1 Å². The van der Waals surface area contributed by atoms with Gasteiger partial charge in [0.1, 0.15) is 5.82 Å². The smallest absolute Gasteiger partial charge is 0.236 e. The minimum atomic E-state index is -0.140. The first-order valence-electron chi connectivity index (χ1n) is 7.70. The van der Waals surface area contributed by atoms with E-state index < -0.39 is 0 Å². The molecule has 2 heterocycles. The van der Waals surface area contributed by atoms with Gasteiger partial charge in [-0.05, 0) is 31.2 Å². The van der Waals surface area contributed by atoms with Gasteiger partial charge in [0.25, 0.3) is 0 Å². The van der Waals surface area contributed by atoms with Gasteiger partial charge in [-0.3, -0.25) is 4.79 Å². The van der Waals surface area contributed by atoms with E-state index in [2.05, 4.69) is 20.5 Å². The zero-order valence-corrected chi connectivity index (χ0v) is 15.1. The van der Waals surface area contributed by atoms with Crippen molar-refractivity contribution in [1.29, 1.82) is 0 Å². The number of carbonyl (C=O) groups is 1. The molecule has 8 heteroatoms. The van der Waals surface area contributed by atoms with Crippen LogP contribution in [0.3, 0.4) is 0 Å². The Morgan fingerprint density at radius 2 is 2.12 bits per heavy atom. The van der Waals surface area contributed by atoms with Crippen LogP contribution < -0.4 is 5.32 Å². The number of carbonyl (C=O) groups excluding carboxylic acids is 1. The lowest BCUT2D eigenvalue weighted by molar-refractivity contribution is -0.113. The van der Waals surface area contributed by atoms with E-state index in [1.165, 1.54) is 11.8 Å². The Balaban J connectivity index is 1.70. The van der Waals surface area contributed by atoms with Gasteiger partial charge in [0, 0.05) is 23.3 Å². The van der Waals surface area contributed by atoms with E-state index in [0.29, 0.717) is 22.5 Å². The first-order chi connectivity index (χ1) is 12.2. The minimum Gasteiger partial charge on any atom is -0.310 e. The summed E-state index contributed by atoms with van der Waals surface area (Å²) in [6.07, 6.45) is 1.63. The number of pyridine rings is 1. The lowest BCUT2D eigenvalue weighted by Gasteiger charge is -2.08. The van der Waals surface area contributed by atoms with E-state index in [9.17, 15) is 4.79 Å². The van der Waals surface area contributed by atoms with Crippen LogP contribution in [0.1, 0.15) is 6.92 Å². The Morgan fingerprint density at radius 1 is 1.24 bits per heavy atom. The van der Waals surface area contributed by atoms with E-state index >= 15 is 0 Å². The Morgan fingerprint density at radius 3 is 2.84 bits per heavy atom. The monoisotopic (exact) mass is 373 g/mol. The number of thioether (sulfide) groups is 1. The first kappa shape index (κ1) is 17.4. The molecule has 2 aromatic heterocycles. The third-order valence-corrected chi connectivity index (χ3v) is 4.58. The second kappa shape index (κ2) is 8.13. The maximum atomic E-state index is 12.1. The van der Waals surface area contributed by atoms with Crippen LogP contribution >= 0.6 is 23.4 Å². The molecule has 1 N–H and O–H groups in total. The van der Waals surface area contributed by atoms with Crippen LogP contribution in [0, 0.1) is 0 Å². The molecule has 0 atom stereocenters. The fourth-order valence-electron chi connectivity index (χ4n) is 2.27. The van der Waals surface area contributed by atoms with Crippen molar-refractivity contribution in [1.82, 2.24) is 19.7 Å². The summed E-state index contributed by atoms with van der Waals surface area (Å²) >= 11 is 7.39. The zero-order chi connectivity index (χ0) is 17.6. The standard InChI is InChI=1S/C17H16ClN5OS/c1-2-23-16(12-6-5-7-13(18)10-12)21-22-17(23)25-11-15(24)20-14-8-3-4-9-19-14/h3-10H,2,11H2,1H3,(H,19,20,24). The van der Waals surface area contributed by atoms with Gasteiger partial charge in [-0.2, -0.15) is 0 Å². The lowest BCUT2D eigenvalue weighted by Crippen LogP contribution is -2.15. The molecule has 3 aromatic rings. The second-order valence-electron chi connectivity index (χ2n) is 5.11. The molecule has 0 fully saturated rings. The third kappa shape index (κ3) is 4.37. The lowest BCUT2D eigenvalue weighted by atomic mass is 10.2. The molecule has 0 aliphatic carbocycles. The highest BCUT2D eigenvalue weighted by Crippen LogP contribution is 2.25. The van der Waals surface area contributed by atoms with Gasteiger partial charge >= 0.3 is 0 Å². The van der Waals surface area contributed by atoms with Crippen LogP contribution in [0.4, 0.5) is 5.82 Å². The number of benzene rings is 1. The molecule has 0 spiro atoms. The molecule has 0 saturated heterocycles. The molecule has 3 rings (SSSR count). The van der Waals surface area contributed by atoms with E-state index in [1.807, 2.05) is 41.8 Å². The van der Waals surface area contributed by atoms with E-state index in [4.69, 9.17) is 11.6 Å². The fourth-order valence-corrected chi connectivity index (χ4v) is 3.26. The van der Waals surface area contributed by atoms with Crippen molar-refractivity contribution in [3.63, 3.8) is 0 Å². The Kier molecular flexibility index (Phi) is 5.67. The molecule has 25 heavy (non-hydrogen) atoms. The Labute approximate surface area is 154 Å². The number of hydrogen-bond acceptors (Lipinski definition) is 5. The summed E-state index contributed by atoms with van der Waals surface area (Å²) in [7, 11) is 0. The molecular weight excluding hydrogens is 358 g/mol. The minimum absolute atomic E-state index is 0.140. The predicted octanol–water partition coefficient (Wildman–Crippen LogP) is 3.74. The van der Waals surface area contributed by atoms with Gasteiger partial charge in [0.15, 0.2) is 11.0 Å². The number of aromatic nitrogens is 4. The van der Waals surface area contributed by atoms with E-state index in [1.54, 1.807) is 18.3 Å². The average molecular weight is 374 g/mol. The van der Waals surface area contributed by atoms with Crippen molar-refractivity contribution < 1.29 is 4.79 Å². The maximum absolute atomic E-state index is 12.1. The summed E-state index contributed by atoms with van der Waals surface area (Å²) in [5.41, 5.74) is 0.895. The topological polar surface area (TPSA) is 72.7 Å². The summed E-state index contributed by atoms with van der Waals surface area (Å²) < 4.78 is 1.96. The van der Waals surface area contributed by atoms with Crippen LogP contribution in [0.15, 0.2) is 53.8 Å². The molecule has 128 valence electrons. The van der Waals surface area contributed by atoms with Crippen LogP contribution in [0.5, 0.6) is 0 Å². The van der Waals surface area contributed by atoms with Crippen molar-refractivity contribution in [3.05, 3.63) is 53.7 Å². The quantitative estimate of drug-likeness (QED) is 0.666. The molecule has 0 radical (unpaired) electrons. The van der Waals surface area contributed by atoms with Crippen molar-refractivity contribution in [2.24, 2.45) is 0 Å². The maximum Gasteiger partial charge on any atom is 0.236 e. The molecular formula is C17H16ClN5OS. The number of rotatable bonds is 6. The van der Waals surface area contributed by atoms with Crippen LogP contribution in [0.2, 0.25) is 5.02 Å². The first-order valence-corrected chi connectivity index (χ1v) is 9.06. The van der Waals surface area contributed by atoms with Gasteiger partial charge < -0.3 is 9.88 Å². The van der Waals surface area contributed by atoms with Crippen molar-refractivity contribution in [3.8, 4) is 11.4 Å². The highest BCUT2D eigenvalue weighted by Gasteiger charge is 2.15. The normalized spacial score (nSPS) is 10.6. The second-order valence-corrected chi connectivity index (χ2v) is 6.49. The third-order valence-electron chi connectivity index (χ3n) is 3.38. The van der Waals surface area contributed by atoms with Gasteiger partial charge in [-0.15, -0.1) is 10.2 Å². The number of hydrogen-bond donors (Lipinski definition) is 1. The molecule has 0 saturated carbocycles. The fraction of sp³-hybridized carbons (Fsp3) is 0.176. The highest BCUT2D eigenvalue weighted by atomic mass is 35.5. The molecule has 0 aliphatic rings. The van der Waals surface area contributed by atoms with Crippen molar-refractivity contribution >= 4 is 35.1 Å². The van der Waals surface area contributed by atoms with E-state index in [0.717, 1.165) is 11.4 Å². The summed E-state index contributed by atoms with van der Waals surface area (Å²) in [6, 6.07) is 12.8. The molecule has 1 aromatic carbocycles. The van der Waals surface area contributed by atoms with Crippen LogP contribution in [-0.4, -0.2) is 31.4 Å². The molecule has 6 nitrogen and oxygen atoms in total.